The lowest BCUT2D eigenvalue weighted by molar-refractivity contribution is -0.144. The predicted molar refractivity (Wildman–Crippen MR) is 124 cm³/mol. The van der Waals surface area contributed by atoms with E-state index in [1.165, 1.54) is 0 Å². The summed E-state index contributed by atoms with van der Waals surface area (Å²) in [6.45, 7) is 4.64. The highest BCUT2D eigenvalue weighted by Crippen LogP contribution is 2.24. The normalized spacial score (nSPS) is 18.2. The molecule has 0 saturated carbocycles. The van der Waals surface area contributed by atoms with Crippen LogP contribution in [0.5, 0.6) is 0 Å². The van der Waals surface area contributed by atoms with Crippen molar-refractivity contribution in [1.82, 2.24) is 14.5 Å². The summed E-state index contributed by atoms with van der Waals surface area (Å²) in [5.74, 6) is -1.04. The molecule has 0 amide bonds. The number of aromatic nitrogens is 2. The van der Waals surface area contributed by atoms with E-state index in [0.29, 0.717) is 13.0 Å². The summed E-state index contributed by atoms with van der Waals surface area (Å²) in [5, 5.41) is 9.88. The molecule has 2 unspecified atom stereocenters. The van der Waals surface area contributed by atoms with Gasteiger partial charge in [0.05, 0.1) is 6.33 Å². The number of esters is 1. The fraction of sp³-hybridized carbons (Fsp3) is 0.450. The van der Waals surface area contributed by atoms with Gasteiger partial charge in [0.1, 0.15) is 18.8 Å². The van der Waals surface area contributed by atoms with Crippen LogP contribution in [0.25, 0.3) is 0 Å². The van der Waals surface area contributed by atoms with Crippen LogP contribution >= 0.6 is 45.2 Å². The second-order valence-corrected chi connectivity index (χ2v) is 10.1. The molecule has 7 nitrogen and oxygen atoms in total. The van der Waals surface area contributed by atoms with E-state index in [2.05, 4.69) is 68.4 Å². The molecule has 2 atom stereocenters. The first kappa shape index (κ1) is 22.5. The van der Waals surface area contributed by atoms with Gasteiger partial charge in [-0.3, -0.25) is 9.59 Å². The van der Waals surface area contributed by atoms with Gasteiger partial charge in [0.25, 0.3) is 0 Å². The van der Waals surface area contributed by atoms with E-state index in [4.69, 9.17) is 4.74 Å². The molecule has 1 aliphatic heterocycles. The van der Waals surface area contributed by atoms with Crippen LogP contribution in [0.1, 0.15) is 31.5 Å². The van der Waals surface area contributed by atoms with Gasteiger partial charge >= 0.3 is 11.9 Å². The number of ether oxygens (including phenoxy) is 1. The molecule has 1 saturated heterocycles. The Morgan fingerprint density at radius 3 is 2.62 bits per heavy atom. The third kappa shape index (κ3) is 5.69. The molecule has 0 aliphatic carbocycles. The van der Waals surface area contributed by atoms with Gasteiger partial charge < -0.3 is 14.4 Å². The molecule has 1 aliphatic rings. The summed E-state index contributed by atoms with van der Waals surface area (Å²) in [6, 6.07) is 4.93. The molecule has 29 heavy (non-hydrogen) atoms. The lowest BCUT2D eigenvalue weighted by Gasteiger charge is -2.27. The minimum absolute atomic E-state index is 0.0103. The lowest BCUT2D eigenvalue weighted by Crippen LogP contribution is -2.47. The van der Waals surface area contributed by atoms with Crippen molar-refractivity contribution in [1.29, 1.82) is 0 Å². The summed E-state index contributed by atoms with van der Waals surface area (Å²) >= 11 is 4.58. The Morgan fingerprint density at radius 1 is 1.31 bits per heavy atom. The third-order valence-electron chi connectivity index (χ3n) is 4.88. The minimum Gasteiger partial charge on any atom is -0.480 e. The summed E-state index contributed by atoms with van der Waals surface area (Å²) in [4.78, 5) is 30.1. The van der Waals surface area contributed by atoms with Crippen LogP contribution in [0, 0.1) is 13.1 Å². The fourth-order valence-electron chi connectivity index (χ4n) is 3.55. The van der Waals surface area contributed by atoms with E-state index in [0.717, 1.165) is 18.4 Å². The molecule has 9 heteroatoms. The number of cyclic esters (lactones) is 1. The molecule has 1 fully saturated rings. The molecule has 1 aromatic carbocycles. The molecule has 156 valence electrons. The standard InChI is InChI=1S/C20H23I2N3O4/c1-12(2)3-18-20(28)29-11-25(18)17(19(26)27)7-16-8-23-10-24(16)9-13-4-14(21)6-15(22)5-13/h4-6,8,10,12,17-18H,3,7,9,11H2,1-2H3,(H,26,27). The summed E-state index contributed by atoms with van der Waals surface area (Å²) in [5.41, 5.74) is 1.94. The third-order valence-corrected chi connectivity index (χ3v) is 6.13. The molecule has 0 bridgehead atoms. The topological polar surface area (TPSA) is 84.7 Å². The molecule has 0 radical (unpaired) electrons. The number of hydrogen-bond acceptors (Lipinski definition) is 5. The number of carboxylic acid groups (broad SMARTS) is 1. The molecule has 0 spiro atoms. The largest absolute Gasteiger partial charge is 0.480 e. The number of benzene rings is 1. The first-order chi connectivity index (χ1) is 13.7. The second kappa shape index (κ2) is 9.73. The molecule has 1 aromatic heterocycles. The fourth-order valence-corrected chi connectivity index (χ4v) is 5.62. The monoisotopic (exact) mass is 623 g/mol. The number of imidazole rings is 1. The first-order valence-corrected chi connectivity index (χ1v) is 11.5. The SMILES string of the molecule is CC(C)CC1C(=O)OCN1C(Cc1cncn1Cc1cc(I)cc(I)c1)C(=O)O. The van der Waals surface area contributed by atoms with E-state index in [1.54, 1.807) is 17.4 Å². The molecule has 3 rings (SSSR count). The van der Waals surface area contributed by atoms with Gasteiger partial charge in [-0.2, -0.15) is 0 Å². The smallest absolute Gasteiger partial charge is 0.324 e. The average Bonchev–Trinajstić information content (AvgIpc) is 3.18. The quantitative estimate of drug-likeness (QED) is 0.359. The number of carbonyl (C=O) groups is 2. The second-order valence-electron chi connectivity index (χ2n) is 7.60. The maximum atomic E-state index is 12.1. The zero-order valence-electron chi connectivity index (χ0n) is 16.2. The van der Waals surface area contributed by atoms with Crippen molar-refractivity contribution in [2.45, 2.75) is 45.3 Å². The number of carbonyl (C=O) groups excluding carboxylic acids is 1. The molecule has 2 heterocycles. The van der Waals surface area contributed by atoms with Gasteiger partial charge in [0, 0.05) is 32.0 Å². The van der Waals surface area contributed by atoms with Gasteiger partial charge in [0.2, 0.25) is 0 Å². The first-order valence-electron chi connectivity index (χ1n) is 9.33. The summed E-state index contributed by atoms with van der Waals surface area (Å²) < 4.78 is 9.45. The van der Waals surface area contributed by atoms with Gasteiger partial charge in [-0.15, -0.1) is 0 Å². The number of halogens is 2. The van der Waals surface area contributed by atoms with Crippen molar-refractivity contribution in [3.05, 3.63) is 49.1 Å². The Kier molecular flexibility index (Phi) is 7.54. The van der Waals surface area contributed by atoms with Gasteiger partial charge in [-0.05, 0) is 81.3 Å². The molecule has 2 aromatic rings. The highest BCUT2D eigenvalue weighted by Gasteiger charge is 2.42. The van der Waals surface area contributed by atoms with Crippen LogP contribution in [0.2, 0.25) is 0 Å². The van der Waals surface area contributed by atoms with E-state index in [-0.39, 0.29) is 25.0 Å². The van der Waals surface area contributed by atoms with E-state index in [1.807, 2.05) is 18.4 Å². The van der Waals surface area contributed by atoms with Crippen LogP contribution in [-0.2, 0) is 27.3 Å². The lowest BCUT2D eigenvalue weighted by atomic mass is 10.0. The summed E-state index contributed by atoms with van der Waals surface area (Å²) in [6.07, 6.45) is 4.24. The van der Waals surface area contributed by atoms with Crippen molar-refractivity contribution >= 4 is 57.1 Å². The Balaban J connectivity index is 1.81. The van der Waals surface area contributed by atoms with Crippen LogP contribution in [0.4, 0.5) is 0 Å². The summed E-state index contributed by atoms with van der Waals surface area (Å²) in [7, 11) is 0. The maximum Gasteiger partial charge on any atom is 0.324 e. The maximum absolute atomic E-state index is 12.1. The zero-order chi connectivity index (χ0) is 21.1. The Labute approximate surface area is 197 Å². The highest BCUT2D eigenvalue weighted by atomic mass is 127. The van der Waals surface area contributed by atoms with Gasteiger partial charge in [-0.1, -0.05) is 13.8 Å². The van der Waals surface area contributed by atoms with Gasteiger partial charge in [0.15, 0.2) is 0 Å². The van der Waals surface area contributed by atoms with Crippen molar-refractivity contribution in [3.8, 4) is 0 Å². The number of hydrogen-bond donors (Lipinski definition) is 1. The van der Waals surface area contributed by atoms with E-state index in [9.17, 15) is 14.7 Å². The predicted octanol–water partition coefficient (Wildman–Crippen LogP) is 3.37. The van der Waals surface area contributed by atoms with Crippen LogP contribution in [0.15, 0.2) is 30.7 Å². The zero-order valence-corrected chi connectivity index (χ0v) is 20.5. The molecule has 1 N–H and O–H groups in total. The Bertz CT molecular complexity index is 879. The number of nitrogens with zero attached hydrogens (tertiary/aromatic N) is 3. The minimum atomic E-state index is -0.964. The number of carboxylic acids is 1. The van der Waals surface area contributed by atoms with Crippen molar-refractivity contribution in [2.24, 2.45) is 5.92 Å². The Hall–Kier alpha value is -1.21. The Morgan fingerprint density at radius 2 is 2.00 bits per heavy atom. The number of rotatable bonds is 8. The van der Waals surface area contributed by atoms with Crippen LogP contribution in [-0.4, -0.2) is 50.3 Å². The van der Waals surface area contributed by atoms with Crippen molar-refractivity contribution < 1.29 is 19.4 Å². The molecular formula is C20H23I2N3O4. The number of aliphatic carboxylic acids is 1. The van der Waals surface area contributed by atoms with Crippen LogP contribution in [0.3, 0.4) is 0 Å². The highest BCUT2D eigenvalue weighted by molar-refractivity contribution is 14.1. The van der Waals surface area contributed by atoms with Crippen molar-refractivity contribution in [3.63, 3.8) is 0 Å². The van der Waals surface area contributed by atoms with Crippen LogP contribution < -0.4 is 0 Å². The molecular weight excluding hydrogens is 600 g/mol. The average molecular weight is 623 g/mol. The van der Waals surface area contributed by atoms with E-state index >= 15 is 0 Å². The van der Waals surface area contributed by atoms with Crippen molar-refractivity contribution in [2.75, 3.05) is 6.73 Å². The van der Waals surface area contributed by atoms with E-state index < -0.39 is 18.1 Å². The van der Waals surface area contributed by atoms with Gasteiger partial charge in [-0.25, -0.2) is 9.88 Å².